The lowest BCUT2D eigenvalue weighted by Gasteiger charge is -2.07. The second kappa shape index (κ2) is 4.79. The SMILES string of the molecule is O=[N+]([O-])OB(O[N+](=O)[O-])c1ccccc1. The van der Waals surface area contributed by atoms with Gasteiger partial charge >= 0.3 is 7.12 Å². The Morgan fingerprint density at radius 1 is 1.00 bits per heavy atom. The maximum atomic E-state index is 10.0. The van der Waals surface area contributed by atoms with Crippen LogP contribution in [0.15, 0.2) is 30.3 Å². The maximum absolute atomic E-state index is 10.0. The first-order chi connectivity index (χ1) is 7.09. The molecule has 0 heterocycles. The van der Waals surface area contributed by atoms with E-state index >= 15 is 0 Å². The Morgan fingerprint density at radius 3 is 1.87 bits per heavy atom. The number of nitrogens with zero attached hydrogens (tertiary/aromatic N) is 2. The first kappa shape index (κ1) is 10.8. The third kappa shape index (κ3) is 3.50. The summed E-state index contributed by atoms with van der Waals surface area (Å²) in [6.45, 7) is 0. The molecular weight excluding hydrogens is 207 g/mol. The van der Waals surface area contributed by atoms with Crippen molar-refractivity contribution in [1.82, 2.24) is 0 Å². The van der Waals surface area contributed by atoms with E-state index in [4.69, 9.17) is 0 Å². The van der Waals surface area contributed by atoms with E-state index in [9.17, 15) is 20.2 Å². The van der Waals surface area contributed by atoms with E-state index in [1.54, 1.807) is 18.2 Å². The molecule has 0 aromatic heterocycles. The number of benzene rings is 1. The van der Waals surface area contributed by atoms with E-state index in [-0.39, 0.29) is 5.46 Å². The highest BCUT2D eigenvalue weighted by Crippen LogP contribution is 1.94. The zero-order valence-corrected chi connectivity index (χ0v) is 7.31. The summed E-state index contributed by atoms with van der Waals surface area (Å²) in [5.41, 5.74) is 0.186. The second-order valence-corrected chi connectivity index (χ2v) is 2.40. The van der Waals surface area contributed by atoms with Crippen molar-refractivity contribution in [1.29, 1.82) is 0 Å². The molecule has 0 amide bonds. The van der Waals surface area contributed by atoms with Crippen molar-refractivity contribution in [3.05, 3.63) is 50.6 Å². The summed E-state index contributed by atoms with van der Waals surface area (Å²) in [4.78, 5) is 20.1. The molecule has 0 unspecified atom stereocenters. The summed E-state index contributed by atoms with van der Waals surface area (Å²) in [5, 5.41) is 17.8. The summed E-state index contributed by atoms with van der Waals surface area (Å²) in [6.07, 6.45) is 0. The molecule has 8 nitrogen and oxygen atoms in total. The lowest BCUT2D eigenvalue weighted by molar-refractivity contribution is -0.758. The van der Waals surface area contributed by atoms with Crippen LogP contribution in [0.3, 0.4) is 0 Å². The molecule has 1 rings (SSSR count). The van der Waals surface area contributed by atoms with E-state index in [0.717, 1.165) is 0 Å². The van der Waals surface area contributed by atoms with Crippen LogP contribution in [0, 0.1) is 20.2 Å². The van der Waals surface area contributed by atoms with Crippen molar-refractivity contribution in [2.75, 3.05) is 0 Å². The predicted molar refractivity (Wildman–Crippen MR) is 48.0 cm³/mol. The highest BCUT2D eigenvalue weighted by atomic mass is 17.0. The summed E-state index contributed by atoms with van der Waals surface area (Å²) >= 11 is 0. The van der Waals surface area contributed by atoms with Crippen LogP contribution >= 0.6 is 0 Å². The topological polar surface area (TPSA) is 105 Å². The van der Waals surface area contributed by atoms with Crippen LogP contribution in [0.25, 0.3) is 0 Å². The van der Waals surface area contributed by atoms with E-state index in [0.29, 0.717) is 0 Å². The summed E-state index contributed by atoms with van der Waals surface area (Å²) in [7, 11) is -1.66. The largest absolute Gasteiger partial charge is 0.582 e. The van der Waals surface area contributed by atoms with E-state index in [2.05, 4.69) is 9.51 Å². The minimum atomic E-state index is -1.66. The van der Waals surface area contributed by atoms with E-state index in [1.165, 1.54) is 12.1 Å². The van der Waals surface area contributed by atoms with E-state index < -0.39 is 17.3 Å². The van der Waals surface area contributed by atoms with Gasteiger partial charge in [0.1, 0.15) is 0 Å². The number of hydrogen-bond donors (Lipinski definition) is 0. The molecule has 78 valence electrons. The van der Waals surface area contributed by atoms with Gasteiger partial charge in [-0.25, -0.2) is 0 Å². The molecule has 9 heteroatoms. The molecule has 0 aliphatic heterocycles. The Labute approximate surface area is 83.8 Å². The molecule has 1 aromatic carbocycles. The van der Waals surface area contributed by atoms with Gasteiger partial charge < -0.3 is 9.51 Å². The molecule has 0 bridgehead atoms. The quantitative estimate of drug-likeness (QED) is 0.380. The third-order valence-electron chi connectivity index (χ3n) is 1.44. The van der Waals surface area contributed by atoms with Gasteiger partial charge in [0.25, 0.3) is 10.2 Å². The Kier molecular flexibility index (Phi) is 3.44. The summed E-state index contributed by atoms with van der Waals surface area (Å²) in [5.74, 6) is 0. The van der Waals surface area contributed by atoms with Crippen molar-refractivity contribution >= 4 is 12.6 Å². The van der Waals surface area contributed by atoms with Gasteiger partial charge in [-0.3, -0.25) is 0 Å². The minimum absolute atomic E-state index is 0.186. The van der Waals surface area contributed by atoms with Gasteiger partial charge in [0.2, 0.25) is 0 Å². The predicted octanol–water partition coefficient (Wildman–Crippen LogP) is -0.202. The molecule has 0 atom stereocenters. The fourth-order valence-electron chi connectivity index (χ4n) is 0.907. The lowest BCUT2D eigenvalue weighted by Crippen LogP contribution is -2.40. The van der Waals surface area contributed by atoms with Gasteiger partial charge in [-0.1, -0.05) is 30.3 Å². The molecule has 0 saturated carbocycles. The number of hydrogen-bond acceptors (Lipinski definition) is 6. The van der Waals surface area contributed by atoms with Crippen LogP contribution in [0.5, 0.6) is 0 Å². The van der Waals surface area contributed by atoms with Crippen LogP contribution in [-0.4, -0.2) is 17.3 Å². The molecule has 1 aromatic rings. The molecule has 0 aliphatic carbocycles. The van der Waals surface area contributed by atoms with Gasteiger partial charge in [0.15, 0.2) is 0 Å². The Hall–Kier alpha value is -2.32. The average Bonchev–Trinajstić information content (AvgIpc) is 2.17. The van der Waals surface area contributed by atoms with E-state index in [1.807, 2.05) is 0 Å². The zero-order chi connectivity index (χ0) is 11.3. The highest BCUT2D eigenvalue weighted by Gasteiger charge is 2.28. The molecule has 0 aliphatic rings. The van der Waals surface area contributed by atoms with Crippen molar-refractivity contribution in [2.24, 2.45) is 0 Å². The van der Waals surface area contributed by atoms with Crippen LogP contribution in [0.1, 0.15) is 0 Å². The fraction of sp³-hybridized carbons (Fsp3) is 0. The van der Waals surface area contributed by atoms with Crippen LogP contribution < -0.4 is 5.46 Å². The Bertz CT molecular complexity index is 342. The smallest absolute Gasteiger partial charge is 0.340 e. The second-order valence-electron chi connectivity index (χ2n) is 2.40. The molecule has 0 radical (unpaired) electrons. The Balaban J connectivity index is 2.81. The summed E-state index contributed by atoms with van der Waals surface area (Å²) < 4.78 is 8.01. The third-order valence-corrected chi connectivity index (χ3v) is 1.44. The van der Waals surface area contributed by atoms with Gasteiger partial charge in [-0.2, -0.15) is 0 Å². The standard InChI is InChI=1S/C6H5BN2O6/c10-8(11)14-7(15-9(12)13)6-4-2-1-3-5-6/h1-5H. The van der Waals surface area contributed by atoms with Crippen molar-refractivity contribution in [3.63, 3.8) is 0 Å². The van der Waals surface area contributed by atoms with Crippen LogP contribution in [0.2, 0.25) is 0 Å². The number of rotatable bonds is 5. The molecular formula is C6H5BN2O6. The van der Waals surface area contributed by atoms with Gasteiger partial charge in [-0.05, 0) is 5.46 Å². The molecule has 0 spiro atoms. The maximum Gasteiger partial charge on any atom is 0.582 e. The van der Waals surface area contributed by atoms with Crippen LogP contribution in [0.4, 0.5) is 0 Å². The molecule has 0 fully saturated rings. The monoisotopic (exact) mass is 212 g/mol. The normalized spacial score (nSPS) is 9.07. The zero-order valence-electron chi connectivity index (χ0n) is 7.31. The van der Waals surface area contributed by atoms with Gasteiger partial charge in [-0.15, -0.1) is 20.2 Å². The fourth-order valence-corrected chi connectivity index (χ4v) is 0.907. The first-order valence-corrected chi connectivity index (χ1v) is 3.77. The van der Waals surface area contributed by atoms with Crippen LogP contribution in [-0.2, 0) is 9.51 Å². The van der Waals surface area contributed by atoms with Gasteiger partial charge in [0.05, 0.1) is 0 Å². The molecule has 0 N–H and O–H groups in total. The van der Waals surface area contributed by atoms with Gasteiger partial charge in [0, 0.05) is 0 Å². The minimum Gasteiger partial charge on any atom is -0.340 e. The van der Waals surface area contributed by atoms with Crippen molar-refractivity contribution in [2.45, 2.75) is 0 Å². The Morgan fingerprint density at radius 2 is 1.47 bits per heavy atom. The molecule has 0 saturated heterocycles. The molecule has 15 heavy (non-hydrogen) atoms. The lowest BCUT2D eigenvalue weighted by atomic mass is 9.80. The van der Waals surface area contributed by atoms with Crippen molar-refractivity contribution < 1.29 is 19.7 Å². The van der Waals surface area contributed by atoms with Crippen molar-refractivity contribution in [3.8, 4) is 0 Å². The highest BCUT2D eigenvalue weighted by molar-refractivity contribution is 6.60. The first-order valence-electron chi connectivity index (χ1n) is 3.77. The average molecular weight is 212 g/mol. The summed E-state index contributed by atoms with van der Waals surface area (Å²) in [6, 6.07) is 7.58.